The van der Waals surface area contributed by atoms with Crippen molar-refractivity contribution < 1.29 is 4.79 Å². The normalized spacial score (nSPS) is 8.93. The Labute approximate surface area is 98.2 Å². The van der Waals surface area contributed by atoms with E-state index in [1.807, 2.05) is 24.3 Å². The molecule has 78 valence electrons. The van der Waals surface area contributed by atoms with E-state index < -0.39 is 0 Å². The third-order valence-corrected chi connectivity index (χ3v) is 2.05. The summed E-state index contributed by atoms with van der Waals surface area (Å²) in [6, 6.07) is 7.48. The number of amides is 1. The summed E-state index contributed by atoms with van der Waals surface area (Å²) in [6.45, 7) is 1.49. The molecule has 0 aliphatic heterocycles. The van der Waals surface area contributed by atoms with Gasteiger partial charge in [-0.2, -0.15) is 0 Å². The summed E-state index contributed by atoms with van der Waals surface area (Å²) < 4.78 is 0. The molecule has 0 radical (unpaired) electrons. The van der Waals surface area contributed by atoms with E-state index in [9.17, 15) is 4.79 Å². The Morgan fingerprint density at radius 2 is 2.07 bits per heavy atom. The first-order chi connectivity index (χ1) is 7.22. The van der Waals surface area contributed by atoms with Gasteiger partial charge in [-0.1, -0.05) is 27.8 Å². The van der Waals surface area contributed by atoms with Crippen LogP contribution >= 0.6 is 15.9 Å². The first-order valence-corrected chi connectivity index (χ1v) is 5.77. The van der Waals surface area contributed by atoms with Crippen LogP contribution in [0.15, 0.2) is 24.3 Å². The van der Waals surface area contributed by atoms with Gasteiger partial charge in [0.2, 0.25) is 5.91 Å². The lowest BCUT2D eigenvalue weighted by Gasteiger charge is -2.00. The van der Waals surface area contributed by atoms with Crippen molar-refractivity contribution in [2.45, 2.75) is 13.3 Å². The highest BCUT2D eigenvalue weighted by Gasteiger charge is 1.93. The minimum absolute atomic E-state index is 0.0619. The lowest BCUT2D eigenvalue weighted by atomic mass is 10.2. The molecular weight excluding hydrogens is 254 g/mol. The maximum atomic E-state index is 10.8. The Bertz CT molecular complexity index is 386. The van der Waals surface area contributed by atoms with Gasteiger partial charge in [0.05, 0.1) is 0 Å². The Balaban J connectivity index is 2.65. The molecule has 0 aliphatic carbocycles. The number of anilines is 1. The fourth-order valence-corrected chi connectivity index (χ4v) is 1.25. The van der Waals surface area contributed by atoms with Crippen molar-refractivity contribution in [3.05, 3.63) is 29.8 Å². The summed E-state index contributed by atoms with van der Waals surface area (Å²) in [4.78, 5) is 10.8. The number of rotatable bonds is 2. The number of carbonyl (C=O) groups is 1. The molecule has 0 spiro atoms. The summed E-state index contributed by atoms with van der Waals surface area (Å²) in [5.74, 6) is 6.00. The number of hydrogen-bond donors (Lipinski definition) is 1. The molecule has 0 fully saturated rings. The van der Waals surface area contributed by atoms with Gasteiger partial charge in [0.1, 0.15) is 0 Å². The Morgan fingerprint density at radius 1 is 1.40 bits per heavy atom. The second kappa shape index (κ2) is 6.26. The predicted molar refractivity (Wildman–Crippen MR) is 66.0 cm³/mol. The lowest BCUT2D eigenvalue weighted by molar-refractivity contribution is -0.114. The molecular formula is C12H12BrNO. The largest absolute Gasteiger partial charge is 0.326 e. The summed E-state index contributed by atoms with van der Waals surface area (Å²) in [5, 5.41) is 3.60. The van der Waals surface area contributed by atoms with Crippen molar-refractivity contribution in [3.63, 3.8) is 0 Å². The molecule has 0 atom stereocenters. The zero-order valence-electron chi connectivity index (χ0n) is 8.51. The van der Waals surface area contributed by atoms with Gasteiger partial charge in [0.25, 0.3) is 0 Å². The van der Waals surface area contributed by atoms with E-state index in [0.717, 1.165) is 23.0 Å². The van der Waals surface area contributed by atoms with Gasteiger partial charge >= 0.3 is 0 Å². The first kappa shape index (κ1) is 11.8. The van der Waals surface area contributed by atoms with Crippen molar-refractivity contribution in [1.82, 2.24) is 0 Å². The SMILES string of the molecule is CC(=O)Nc1ccc(C#CCCBr)cc1. The maximum absolute atomic E-state index is 10.8. The smallest absolute Gasteiger partial charge is 0.221 e. The molecule has 0 aromatic heterocycles. The second-order valence-corrected chi connectivity index (χ2v) is 3.79. The number of halogens is 1. The third kappa shape index (κ3) is 4.66. The standard InChI is InChI=1S/C12H12BrNO/c1-10(15)14-12-7-5-11(6-8-12)4-2-3-9-13/h5-8H,3,9H2,1H3,(H,14,15). The van der Waals surface area contributed by atoms with E-state index in [2.05, 4.69) is 33.1 Å². The molecule has 0 saturated carbocycles. The van der Waals surface area contributed by atoms with Crippen molar-refractivity contribution >= 4 is 27.5 Å². The highest BCUT2D eigenvalue weighted by atomic mass is 79.9. The minimum Gasteiger partial charge on any atom is -0.326 e. The van der Waals surface area contributed by atoms with Crippen LogP contribution in [0, 0.1) is 11.8 Å². The average Bonchev–Trinajstić information content (AvgIpc) is 2.20. The fourth-order valence-electron chi connectivity index (χ4n) is 1.05. The summed E-state index contributed by atoms with van der Waals surface area (Å²) in [5.41, 5.74) is 1.76. The van der Waals surface area contributed by atoms with Gasteiger partial charge in [-0.15, -0.1) is 0 Å². The molecule has 3 heteroatoms. The monoisotopic (exact) mass is 265 g/mol. The van der Waals surface area contributed by atoms with Crippen molar-refractivity contribution in [3.8, 4) is 11.8 Å². The van der Waals surface area contributed by atoms with E-state index in [1.165, 1.54) is 6.92 Å². The van der Waals surface area contributed by atoms with E-state index in [4.69, 9.17) is 0 Å². The zero-order chi connectivity index (χ0) is 11.1. The molecule has 15 heavy (non-hydrogen) atoms. The van der Waals surface area contributed by atoms with Gasteiger partial charge < -0.3 is 5.32 Å². The molecule has 1 aromatic rings. The highest BCUT2D eigenvalue weighted by molar-refractivity contribution is 9.09. The Hall–Kier alpha value is -1.27. The van der Waals surface area contributed by atoms with Gasteiger partial charge in [-0.3, -0.25) is 4.79 Å². The van der Waals surface area contributed by atoms with Crippen LogP contribution < -0.4 is 5.32 Å². The van der Waals surface area contributed by atoms with Crippen LogP contribution in [0.25, 0.3) is 0 Å². The molecule has 0 aliphatic rings. The Kier molecular flexibility index (Phi) is 4.92. The number of nitrogens with one attached hydrogen (secondary N) is 1. The molecule has 0 heterocycles. The van der Waals surface area contributed by atoms with Crippen LogP contribution in [0.1, 0.15) is 18.9 Å². The van der Waals surface area contributed by atoms with E-state index in [0.29, 0.717) is 0 Å². The third-order valence-electron chi connectivity index (χ3n) is 1.66. The second-order valence-electron chi connectivity index (χ2n) is 3.00. The van der Waals surface area contributed by atoms with Crippen LogP contribution in [0.4, 0.5) is 5.69 Å². The van der Waals surface area contributed by atoms with E-state index in [-0.39, 0.29) is 5.91 Å². The quantitative estimate of drug-likeness (QED) is 0.647. The van der Waals surface area contributed by atoms with Crippen LogP contribution in [-0.4, -0.2) is 11.2 Å². The van der Waals surface area contributed by atoms with Crippen LogP contribution in [0.3, 0.4) is 0 Å². The van der Waals surface area contributed by atoms with Gasteiger partial charge in [-0.05, 0) is 24.3 Å². The maximum Gasteiger partial charge on any atom is 0.221 e. The molecule has 1 rings (SSSR count). The highest BCUT2D eigenvalue weighted by Crippen LogP contribution is 2.08. The van der Waals surface area contributed by atoms with Gasteiger partial charge in [0, 0.05) is 29.9 Å². The molecule has 2 nitrogen and oxygen atoms in total. The average molecular weight is 266 g/mol. The number of carbonyl (C=O) groups excluding carboxylic acids is 1. The van der Waals surface area contributed by atoms with Crippen molar-refractivity contribution in [1.29, 1.82) is 0 Å². The number of alkyl halides is 1. The van der Waals surface area contributed by atoms with Crippen molar-refractivity contribution in [2.75, 3.05) is 10.6 Å². The van der Waals surface area contributed by atoms with Crippen LogP contribution in [-0.2, 0) is 4.79 Å². The zero-order valence-corrected chi connectivity index (χ0v) is 10.1. The van der Waals surface area contributed by atoms with Crippen LogP contribution in [0.2, 0.25) is 0 Å². The van der Waals surface area contributed by atoms with Crippen LogP contribution in [0.5, 0.6) is 0 Å². The lowest BCUT2D eigenvalue weighted by Crippen LogP contribution is -2.05. The number of benzene rings is 1. The van der Waals surface area contributed by atoms with Crippen molar-refractivity contribution in [2.24, 2.45) is 0 Å². The molecule has 0 saturated heterocycles. The molecule has 0 bridgehead atoms. The van der Waals surface area contributed by atoms with Gasteiger partial charge in [-0.25, -0.2) is 0 Å². The topological polar surface area (TPSA) is 29.1 Å². The first-order valence-electron chi connectivity index (χ1n) is 4.65. The fraction of sp³-hybridized carbons (Fsp3) is 0.250. The van der Waals surface area contributed by atoms with E-state index >= 15 is 0 Å². The molecule has 1 aromatic carbocycles. The molecule has 1 N–H and O–H groups in total. The summed E-state index contributed by atoms with van der Waals surface area (Å²) in [6.07, 6.45) is 0.841. The Morgan fingerprint density at radius 3 is 2.60 bits per heavy atom. The molecule has 0 unspecified atom stereocenters. The predicted octanol–water partition coefficient (Wildman–Crippen LogP) is 2.78. The number of hydrogen-bond acceptors (Lipinski definition) is 1. The summed E-state index contributed by atoms with van der Waals surface area (Å²) >= 11 is 3.31. The van der Waals surface area contributed by atoms with Gasteiger partial charge in [0.15, 0.2) is 0 Å². The molecule has 1 amide bonds. The minimum atomic E-state index is -0.0619. The van der Waals surface area contributed by atoms with E-state index in [1.54, 1.807) is 0 Å². The summed E-state index contributed by atoms with van der Waals surface area (Å²) in [7, 11) is 0.